The number of aromatic nitrogens is 3. The number of aromatic amines is 1. The standard InChI is InChI=1S/C19H23N5OS/c1-2-13-17(26-19(20)23-13)18(25)24-9-5-6-12(11-24)10-16-21-14-7-3-4-8-15(14)22-16/h3-4,7-8,12H,2,5-6,9-11H2,1H3,(H2,20,23)(H,21,22)/t12-/m1/s1. The van der Waals surface area contributed by atoms with Gasteiger partial charge in [-0.2, -0.15) is 0 Å². The van der Waals surface area contributed by atoms with Gasteiger partial charge in [0.1, 0.15) is 10.7 Å². The lowest BCUT2D eigenvalue weighted by Crippen LogP contribution is -2.40. The number of benzene rings is 1. The van der Waals surface area contributed by atoms with Crippen molar-refractivity contribution in [1.29, 1.82) is 0 Å². The Hall–Kier alpha value is -2.41. The van der Waals surface area contributed by atoms with Crippen LogP contribution in [0, 0.1) is 5.92 Å². The zero-order valence-corrected chi connectivity index (χ0v) is 15.7. The Morgan fingerprint density at radius 2 is 2.23 bits per heavy atom. The summed E-state index contributed by atoms with van der Waals surface area (Å²) in [6.45, 7) is 3.57. The summed E-state index contributed by atoms with van der Waals surface area (Å²) < 4.78 is 0. The van der Waals surface area contributed by atoms with Crippen molar-refractivity contribution in [2.75, 3.05) is 18.8 Å². The predicted molar refractivity (Wildman–Crippen MR) is 104 cm³/mol. The van der Waals surface area contributed by atoms with E-state index < -0.39 is 0 Å². The van der Waals surface area contributed by atoms with E-state index in [1.54, 1.807) is 0 Å². The Balaban J connectivity index is 1.47. The van der Waals surface area contributed by atoms with E-state index in [2.05, 4.69) is 15.0 Å². The second kappa shape index (κ2) is 7.07. The molecule has 6 nitrogen and oxygen atoms in total. The van der Waals surface area contributed by atoms with Gasteiger partial charge in [-0.3, -0.25) is 4.79 Å². The highest BCUT2D eigenvalue weighted by Gasteiger charge is 2.28. The fraction of sp³-hybridized carbons (Fsp3) is 0.421. The number of nitrogens with zero attached hydrogens (tertiary/aromatic N) is 3. The second-order valence-corrected chi connectivity index (χ2v) is 7.88. The maximum absolute atomic E-state index is 12.9. The van der Waals surface area contributed by atoms with Crippen LogP contribution in [-0.4, -0.2) is 38.8 Å². The van der Waals surface area contributed by atoms with Crippen molar-refractivity contribution in [3.05, 3.63) is 40.7 Å². The fourth-order valence-corrected chi connectivity index (χ4v) is 4.60. The average Bonchev–Trinajstić information content (AvgIpc) is 3.23. The van der Waals surface area contributed by atoms with E-state index >= 15 is 0 Å². The van der Waals surface area contributed by atoms with E-state index in [9.17, 15) is 4.79 Å². The van der Waals surface area contributed by atoms with Crippen LogP contribution >= 0.6 is 11.3 Å². The molecule has 1 aliphatic heterocycles. The number of hydrogen-bond donors (Lipinski definition) is 2. The van der Waals surface area contributed by atoms with Gasteiger partial charge in [0.25, 0.3) is 5.91 Å². The third-order valence-electron chi connectivity index (χ3n) is 4.97. The number of fused-ring (bicyclic) bond motifs is 1. The zero-order valence-electron chi connectivity index (χ0n) is 14.9. The molecule has 26 heavy (non-hydrogen) atoms. The Bertz CT molecular complexity index is 898. The number of para-hydroxylation sites is 2. The number of nitrogens with one attached hydrogen (secondary N) is 1. The molecular weight excluding hydrogens is 346 g/mol. The molecule has 0 unspecified atom stereocenters. The van der Waals surface area contributed by atoms with Crippen LogP contribution in [0.1, 0.15) is 41.0 Å². The maximum Gasteiger partial charge on any atom is 0.265 e. The third kappa shape index (κ3) is 3.31. The van der Waals surface area contributed by atoms with Crippen LogP contribution in [0.5, 0.6) is 0 Å². The molecule has 1 atom stereocenters. The number of likely N-dealkylation sites (tertiary alicyclic amines) is 1. The van der Waals surface area contributed by atoms with Crippen molar-refractivity contribution in [3.8, 4) is 0 Å². The fourth-order valence-electron chi connectivity index (χ4n) is 3.71. The van der Waals surface area contributed by atoms with Gasteiger partial charge in [0, 0.05) is 19.5 Å². The summed E-state index contributed by atoms with van der Waals surface area (Å²) >= 11 is 1.31. The van der Waals surface area contributed by atoms with Gasteiger partial charge in [0.15, 0.2) is 5.13 Å². The number of amides is 1. The molecule has 1 aliphatic rings. The first-order valence-corrected chi connectivity index (χ1v) is 9.93. The number of carbonyl (C=O) groups is 1. The summed E-state index contributed by atoms with van der Waals surface area (Å²) in [5, 5.41) is 0.473. The highest BCUT2D eigenvalue weighted by atomic mass is 32.1. The topological polar surface area (TPSA) is 87.9 Å². The van der Waals surface area contributed by atoms with Gasteiger partial charge in [-0.05, 0) is 37.3 Å². The van der Waals surface area contributed by atoms with Gasteiger partial charge in [0.2, 0.25) is 0 Å². The van der Waals surface area contributed by atoms with Crippen molar-refractivity contribution in [2.24, 2.45) is 5.92 Å². The first-order chi connectivity index (χ1) is 12.6. The van der Waals surface area contributed by atoms with E-state index in [0.29, 0.717) is 15.9 Å². The third-order valence-corrected chi connectivity index (χ3v) is 5.88. The molecule has 1 fully saturated rings. The summed E-state index contributed by atoms with van der Waals surface area (Å²) in [5.41, 5.74) is 8.70. The number of imidazole rings is 1. The number of thiazole rings is 1. The summed E-state index contributed by atoms with van der Waals surface area (Å²) in [4.78, 5) is 28.0. The summed E-state index contributed by atoms with van der Waals surface area (Å²) in [6, 6.07) is 8.08. The van der Waals surface area contributed by atoms with Crippen LogP contribution in [0.3, 0.4) is 0 Å². The molecular formula is C19H23N5OS. The monoisotopic (exact) mass is 369 g/mol. The lowest BCUT2D eigenvalue weighted by atomic mass is 9.94. The predicted octanol–water partition coefficient (Wildman–Crippen LogP) is 3.26. The number of aryl methyl sites for hydroxylation is 1. The number of nitrogens with two attached hydrogens (primary N) is 1. The minimum Gasteiger partial charge on any atom is -0.375 e. The van der Waals surface area contributed by atoms with Crippen molar-refractivity contribution in [3.63, 3.8) is 0 Å². The Kier molecular flexibility index (Phi) is 4.63. The zero-order chi connectivity index (χ0) is 18.1. The van der Waals surface area contributed by atoms with E-state index in [1.807, 2.05) is 36.1 Å². The molecule has 2 aromatic heterocycles. The van der Waals surface area contributed by atoms with E-state index in [4.69, 9.17) is 5.73 Å². The first kappa shape index (κ1) is 17.0. The minimum atomic E-state index is 0.0744. The van der Waals surface area contributed by atoms with E-state index in [1.165, 1.54) is 11.3 Å². The molecule has 1 amide bonds. The molecule has 0 spiro atoms. The van der Waals surface area contributed by atoms with Crippen molar-refractivity contribution < 1.29 is 4.79 Å². The molecule has 0 bridgehead atoms. The van der Waals surface area contributed by atoms with Gasteiger partial charge in [-0.25, -0.2) is 9.97 Å². The molecule has 0 aliphatic carbocycles. The molecule has 0 radical (unpaired) electrons. The van der Waals surface area contributed by atoms with Crippen LogP contribution in [0.15, 0.2) is 24.3 Å². The number of rotatable bonds is 4. The van der Waals surface area contributed by atoms with E-state index in [0.717, 1.165) is 61.3 Å². The molecule has 1 saturated heterocycles. The number of nitrogen functional groups attached to an aromatic ring is 1. The summed E-state index contributed by atoms with van der Waals surface area (Å²) in [6.07, 6.45) is 3.73. The van der Waals surface area contributed by atoms with Crippen LogP contribution in [0.2, 0.25) is 0 Å². The SMILES string of the molecule is CCc1nc(N)sc1C(=O)N1CCC[C@H](Cc2nc3ccccc3[nH]2)C1. The Morgan fingerprint density at radius 3 is 3.04 bits per heavy atom. The first-order valence-electron chi connectivity index (χ1n) is 9.12. The van der Waals surface area contributed by atoms with Crippen LogP contribution < -0.4 is 5.73 Å². The molecule has 0 saturated carbocycles. The average molecular weight is 369 g/mol. The molecule has 7 heteroatoms. The maximum atomic E-state index is 12.9. The lowest BCUT2D eigenvalue weighted by Gasteiger charge is -2.32. The lowest BCUT2D eigenvalue weighted by molar-refractivity contribution is 0.0676. The summed E-state index contributed by atoms with van der Waals surface area (Å²) in [5.74, 6) is 1.50. The van der Waals surface area contributed by atoms with Gasteiger partial charge < -0.3 is 15.6 Å². The van der Waals surface area contributed by atoms with Crippen molar-refractivity contribution >= 4 is 33.4 Å². The molecule has 4 rings (SSSR count). The van der Waals surface area contributed by atoms with Gasteiger partial charge in [-0.1, -0.05) is 30.4 Å². The highest BCUT2D eigenvalue weighted by molar-refractivity contribution is 7.17. The van der Waals surface area contributed by atoms with Crippen molar-refractivity contribution in [2.45, 2.75) is 32.6 Å². The number of H-pyrrole nitrogens is 1. The normalized spacial score (nSPS) is 17.7. The number of carbonyl (C=O) groups excluding carboxylic acids is 1. The molecule has 3 N–H and O–H groups in total. The minimum absolute atomic E-state index is 0.0744. The Labute approximate surface area is 156 Å². The molecule has 3 aromatic rings. The van der Waals surface area contributed by atoms with Crippen LogP contribution in [-0.2, 0) is 12.8 Å². The largest absolute Gasteiger partial charge is 0.375 e. The van der Waals surface area contributed by atoms with Gasteiger partial charge in [0.05, 0.1) is 16.7 Å². The quantitative estimate of drug-likeness (QED) is 0.739. The summed E-state index contributed by atoms with van der Waals surface area (Å²) in [7, 11) is 0. The number of hydrogen-bond acceptors (Lipinski definition) is 5. The second-order valence-electron chi connectivity index (χ2n) is 6.85. The van der Waals surface area contributed by atoms with Crippen molar-refractivity contribution in [1.82, 2.24) is 19.9 Å². The van der Waals surface area contributed by atoms with Crippen LogP contribution in [0.4, 0.5) is 5.13 Å². The Morgan fingerprint density at radius 1 is 1.38 bits per heavy atom. The highest BCUT2D eigenvalue weighted by Crippen LogP contribution is 2.27. The van der Waals surface area contributed by atoms with Gasteiger partial charge in [-0.15, -0.1) is 0 Å². The van der Waals surface area contributed by atoms with Gasteiger partial charge >= 0.3 is 0 Å². The molecule has 136 valence electrons. The number of anilines is 1. The smallest absolute Gasteiger partial charge is 0.265 e. The molecule has 3 heterocycles. The van der Waals surface area contributed by atoms with Crippen LogP contribution in [0.25, 0.3) is 11.0 Å². The number of piperidine rings is 1. The molecule has 1 aromatic carbocycles. The van der Waals surface area contributed by atoms with E-state index in [-0.39, 0.29) is 5.91 Å².